The van der Waals surface area contributed by atoms with Crippen molar-refractivity contribution < 1.29 is 13.5 Å². The van der Waals surface area contributed by atoms with Crippen molar-refractivity contribution in [3.63, 3.8) is 0 Å². The molecule has 1 aromatic carbocycles. The maximum atomic E-state index is 11.4. The van der Waals surface area contributed by atoms with E-state index >= 15 is 0 Å². The molecule has 0 saturated carbocycles. The quantitative estimate of drug-likeness (QED) is 0.866. The Kier molecular flexibility index (Phi) is 3.90. The monoisotopic (exact) mass is 282 g/mol. The van der Waals surface area contributed by atoms with Gasteiger partial charge in [0.25, 0.3) is 0 Å². The van der Waals surface area contributed by atoms with Crippen molar-refractivity contribution in [2.75, 3.05) is 6.26 Å². The van der Waals surface area contributed by atoms with E-state index in [-0.39, 0.29) is 0 Å². The maximum absolute atomic E-state index is 11.4. The smallest absolute Gasteiger partial charge is 0.172 e. The molecule has 0 saturated heterocycles. The van der Waals surface area contributed by atoms with Crippen LogP contribution in [0.3, 0.4) is 0 Å². The van der Waals surface area contributed by atoms with Gasteiger partial charge in [0.1, 0.15) is 6.10 Å². The van der Waals surface area contributed by atoms with E-state index in [4.69, 9.17) is 23.2 Å². The molecule has 0 bridgehead atoms. The highest BCUT2D eigenvalue weighted by Gasteiger charge is 2.41. The molecular weight excluding hydrogens is 271 g/mol. The van der Waals surface area contributed by atoms with Crippen LogP contribution >= 0.6 is 23.2 Å². The predicted octanol–water partition coefficient (Wildman–Crippen LogP) is 2.37. The number of hydrogen-bond donors (Lipinski definition) is 1. The summed E-state index contributed by atoms with van der Waals surface area (Å²) in [6, 6.07) is 6.21. The minimum Gasteiger partial charge on any atom is -0.385 e. The van der Waals surface area contributed by atoms with Gasteiger partial charge in [-0.05, 0) is 24.6 Å². The topological polar surface area (TPSA) is 54.4 Å². The third-order valence-electron chi connectivity index (χ3n) is 2.40. The van der Waals surface area contributed by atoms with Gasteiger partial charge in [0.05, 0.1) is 0 Å². The third kappa shape index (κ3) is 2.69. The zero-order chi connectivity index (χ0) is 12.6. The van der Waals surface area contributed by atoms with Gasteiger partial charge in [-0.25, -0.2) is 8.42 Å². The van der Waals surface area contributed by atoms with Crippen LogP contribution in [0.15, 0.2) is 24.3 Å². The second-order valence-corrected chi connectivity index (χ2v) is 7.55. The van der Waals surface area contributed by atoms with Crippen LogP contribution in [0.25, 0.3) is 0 Å². The molecule has 0 aromatic heterocycles. The van der Waals surface area contributed by atoms with Crippen molar-refractivity contribution in [1.82, 2.24) is 0 Å². The second kappa shape index (κ2) is 4.53. The van der Waals surface area contributed by atoms with E-state index < -0.39 is 20.1 Å². The molecule has 0 fully saturated rings. The zero-order valence-corrected chi connectivity index (χ0v) is 11.1. The van der Waals surface area contributed by atoms with E-state index in [1.807, 2.05) is 0 Å². The van der Waals surface area contributed by atoms with E-state index in [9.17, 15) is 13.5 Å². The molecule has 0 aliphatic rings. The number of benzene rings is 1. The molecule has 90 valence electrons. The van der Waals surface area contributed by atoms with Crippen LogP contribution < -0.4 is 0 Å². The summed E-state index contributed by atoms with van der Waals surface area (Å²) in [6.07, 6.45) is -0.319. The molecule has 0 aliphatic heterocycles. The van der Waals surface area contributed by atoms with Crippen LogP contribution in [0.5, 0.6) is 0 Å². The lowest BCUT2D eigenvalue weighted by atomic mass is 10.1. The highest BCUT2D eigenvalue weighted by atomic mass is 35.5. The summed E-state index contributed by atoms with van der Waals surface area (Å²) >= 11 is 11.6. The minimum absolute atomic E-state index is 0.410. The molecule has 1 rings (SSSR count). The lowest BCUT2D eigenvalue weighted by Crippen LogP contribution is -2.35. The largest absolute Gasteiger partial charge is 0.385 e. The molecule has 0 heterocycles. The van der Waals surface area contributed by atoms with Crippen LogP contribution in [0.4, 0.5) is 0 Å². The third-order valence-corrected chi connectivity index (χ3v) is 5.37. The van der Waals surface area contributed by atoms with Crippen LogP contribution in [-0.2, 0) is 9.84 Å². The van der Waals surface area contributed by atoms with Crippen molar-refractivity contribution in [2.24, 2.45) is 0 Å². The molecule has 2 atom stereocenters. The molecule has 3 nitrogen and oxygen atoms in total. The summed E-state index contributed by atoms with van der Waals surface area (Å²) in [5.74, 6) is 0. The van der Waals surface area contributed by atoms with E-state index in [1.54, 1.807) is 24.3 Å². The lowest BCUT2D eigenvalue weighted by Gasteiger charge is -2.26. The highest BCUT2D eigenvalue weighted by molar-refractivity contribution is 7.93. The van der Waals surface area contributed by atoms with Gasteiger partial charge in [-0.2, -0.15) is 0 Å². The van der Waals surface area contributed by atoms with Gasteiger partial charge < -0.3 is 5.11 Å². The first-order valence-corrected chi connectivity index (χ1v) is 7.13. The second-order valence-electron chi connectivity index (χ2n) is 3.71. The average molecular weight is 283 g/mol. The number of halogens is 2. The first-order chi connectivity index (χ1) is 7.16. The van der Waals surface area contributed by atoms with Crippen LogP contribution in [-0.4, -0.2) is 24.0 Å². The van der Waals surface area contributed by atoms with Crippen molar-refractivity contribution in [1.29, 1.82) is 0 Å². The molecular formula is C10H12Cl2O3S. The van der Waals surface area contributed by atoms with Crippen LogP contribution in [0.2, 0.25) is 5.02 Å². The Hall–Kier alpha value is -0.290. The minimum atomic E-state index is -3.58. The fourth-order valence-corrected chi connectivity index (χ4v) is 1.94. The van der Waals surface area contributed by atoms with E-state index in [1.165, 1.54) is 6.92 Å². The molecule has 16 heavy (non-hydrogen) atoms. The van der Waals surface area contributed by atoms with Gasteiger partial charge >= 0.3 is 0 Å². The Morgan fingerprint density at radius 3 is 2.12 bits per heavy atom. The Bertz CT molecular complexity index is 465. The fourth-order valence-electron chi connectivity index (χ4n) is 1.15. The first kappa shape index (κ1) is 13.8. The summed E-state index contributed by atoms with van der Waals surface area (Å²) in [6.45, 7) is 1.27. The molecule has 6 heteroatoms. The van der Waals surface area contributed by atoms with Crippen molar-refractivity contribution in [3.8, 4) is 0 Å². The Morgan fingerprint density at radius 2 is 1.75 bits per heavy atom. The van der Waals surface area contributed by atoms with Gasteiger partial charge in [0, 0.05) is 11.3 Å². The van der Waals surface area contributed by atoms with Gasteiger partial charge in [-0.1, -0.05) is 35.3 Å². The summed E-state index contributed by atoms with van der Waals surface area (Å²) in [4.78, 5) is 0. The molecule has 0 unspecified atom stereocenters. The molecule has 0 aliphatic carbocycles. The number of alkyl halides is 1. The Labute approximate surface area is 105 Å². The van der Waals surface area contributed by atoms with Crippen LogP contribution in [0.1, 0.15) is 18.6 Å². The van der Waals surface area contributed by atoms with E-state index in [0.717, 1.165) is 6.26 Å². The summed E-state index contributed by atoms with van der Waals surface area (Å²) in [5.41, 5.74) is 0.410. The van der Waals surface area contributed by atoms with Crippen molar-refractivity contribution in [3.05, 3.63) is 34.9 Å². The number of hydrogen-bond acceptors (Lipinski definition) is 3. The number of aliphatic hydroxyl groups excluding tert-OH is 1. The van der Waals surface area contributed by atoms with Crippen molar-refractivity contribution >= 4 is 33.0 Å². The number of rotatable bonds is 3. The molecule has 0 spiro atoms. The molecule has 1 aromatic rings. The van der Waals surface area contributed by atoms with Gasteiger partial charge in [0.15, 0.2) is 14.0 Å². The average Bonchev–Trinajstić information content (AvgIpc) is 2.16. The number of aliphatic hydroxyl groups is 1. The molecule has 1 N–H and O–H groups in total. The molecule has 0 radical (unpaired) electrons. The normalized spacial score (nSPS) is 17.8. The van der Waals surface area contributed by atoms with Gasteiger partial charge in [0.2, 0.25) is 0 Å². The predicted molar refractivity (Wildman–Crippen MR) is 65.5 cm³/mol. The Morgan fingerprint density at radius 1 is 1.31 bits per heavy atom. The SMILES string of the molecule is C[C@](Cl)([C@H](O)c1ccc(Cl)cc1)S(C)(=O)=O. The molecule has 0 amide bonds. The van der Waals surface area contributed by atoms with Gasteiger partial charge in [-0.15, -0.1) is 0 Å². The number of sulfone groups is 1. The summed E-state index contributed by atoms with van der Waals surface area (Å²) in [7, 11) is -3.58. The maximum Gasteiger partial charge on any atom is 0.172 e. The van der Waals surface area contributed by atoms with Gasteiger partial charge in [-0.3, -0.25) is 0 Å². The van der Waals surface area contributed by atoms with Crippen LogP contribution in [0, 0.1) is 0 Å². The van der Waals surface area contributed by atoms with E-state index in [0.29, 0.717) is 10.6 Å². The summed E-state index contributed by atoms with van der Waals surface area (Å²) < 4.78 is 21.1. The Balaban J connectivity index is 3.12. The fraction of sp³-hybridized carbons (Fsp3) is 0.400. The zero-order valence-electron chi connectivity index (χ0n) is 8.81. The standard InChI is InChI=1S/C10H12Cl2O3S/c1-10(12,16(2,14)15)9(13)7-3-5-8(11)6-4-7/h3-6,9,13H,1-2H3/t9-,10-/m1/s1. The summed E-state index contributed by atoms with van der Waals surface area (Å²) in [5, 5.41) is 10.4. The van der Waals surface area contributed by atoms with E-state index in [2.05, 4.69) is 0 Å². The van der Waals surface area contributed by atoms with Crippen molar-refractivity contribution in [2.45, 2.75) is 17.2 Å². The first-order valence-electron chi connectivity index (χ1n) is 4.48. The lowest BCUT2D eigenvalue weighted by molar-refractivity contribution is 0.163. The highest BCUT2D eigenvalue weighted by Crippen LogP contribution is 2.36.